The van der Waals surface area contributed by atoms with Gasteiger partial charge in [-0.25, -0.2) is 18.3 Å². The van der Waals surface area contributed by atoms with E-state index in [0.717, 1.165) is 30.4 Å². The maximum Gasteiger partial charge on any atom is 0.434 e. The third-order valence-corrected chi connectivity index (χ3v) is 7.41. The number of amides is 1. The maximum absolute atomic E-state index is 13.3. The number of halogens is 1. The number of nitrogens with zero attached hydrogens (tertiary/aromatic N) is 1. The summed E-state index contributed by atoms with van der Waals surface area (Å²) >= 11 is 5.91. The molecule has 1 aliphatic rings. The monoisotopic (exact) mass is 476 g/mol. The van der Waals surface area contributed by atoms with Gasteiger partial charge in [-0.2, -0.15) is 4.72 Å². The number of nitrogens with one attached hydrogen (secondary N) is 2. The summed E-state index contributed by atoms with van der Waals surface area (Å²) in [5.41, 5.74) is 8.43. The lowest BCUT2D eigenvalue weighted by molar-refractivity contribution is 0.0997. The normalized spacial score (nSPS) is 15.3. The lowest BCUT2D eigenvalue weighted by Crippen LogP contribution is -2.34. The van der Waals surface area contributed by atoms with Crippen LogP contribution in [-0.4, -0.2) is 24.5 Å². The highest BCUT2D eigenvalue weighted by molar-refractivity contribution is 7.89. The van der Waals surface area contributed by atoms with Gasteiger partial charge in [0.2, 0.25) is 21.8 Å². The van der Waals surface area contributed by atoms with E-state index >= 15 is 0 Å². The quantitative estimate of drug-likeness (QED) is 0.477. The zero-order chi connectivity index (χ0) is 23.0. The lowest BCUT2D eigenvalue weighted by atomic mass is 9.88. The Morgan fingerprint density at radius 3 is 2.75 bits per heavy atom. The van der Waals surface area contributed by atoms with Crippen molar-refractivity contribution in [3.63, 3.8) is 0 Å². The fraction of sp³-hybridized carbons (Fsp3) is 0.286. The van der Waals surface area contributed by atoms with Gasteiger partial charge < -0.3 is 10.2 Å². The summed E-state index contributed by atoms with van der Waals surface area (Å²) in [7, 11) is -4.28. The molecule has 11 heteroatoms. The number of aryl methyl sites for hydroxylation is 1. The van der Waals surface area contributed by atoms with Gasteiger partial charge in [0.1, 0.15) is 6.04 Å². The van der Waals surface area contributed by atoms with Gasteiger partial charge in [0, 0.05) is 10.9 Å². The number of primary amides is 1. The van der Waals surface area contributed by atoms with E-state index in [9.17, 15) is 18.0 Å². The number of fused-ring (bicyclic) bond motifs is 1. The van der Waals surface area contributed by atoms with Crippen LogP contribution >= 0.6 is 11.6 Å². The molecule has 1 aromatic heterocycles. The SMILES string of the molecule is C[C@H](c1cccc2c1CCC2)[C@H](NS(=O)(=O)c1ccc(Cl)cc1C(N)=O)c1n[nH]c(=O)o1. The number of nitrogens with two attached hydrogens (primary N) is 1. The molecule has 1 amide bonds. The van der Waals surface area contributed by atoms with Crippen molar-refractivity contribution in [3.8, 4) is 0 Å². The fourth-order valence-electron chi connectivity index (χ4n) is 4.16. The Morgan fingerprint density at radius 2 is 2.06 bits per heavy atom. The number of aromatic amines is 1. The molecule has 0 saturated heterocycles. The summed E-state index contributed by atoms with van der Waals surface area (Å²) in [6.45, 7) is 1.83. The summed E-state index contributed by atoms with van der Waals surface area (Å²) in [6, 6.07) is 8.62. The molecule has 9 nitrogen and oxygen atoms in total. The summed E-state index contributed by atoms with van der Waals surface area (Å²) < 4.78 is 34.3. The first kappa shape index (κ1) is 22.3. The number of hydrogen-bond acceptors (Lipinski definition) is 6. The molecule has 4 N–H and O–H groups in total. The van der Waals surface area contributed by atoms with Crippen LogP contribution in [0.2, 0.25) is 5.02 Å². The van der Waals surface area contributed by atoms with Crippen LogP contribution in [0, 0.1) is 0 Å². The second-order valence-electron chi connectivity index (χ2n) is 7.68. The summed E-state index contributed by atoms with van der Waals surface area (Å²) in [6.07, 6.45) is 2.85. The highest BCUT2D eigenvalue weighted by atomic mass is 35.5. The van der Waals surface area contributed by atoms with Crippen molar-refractivity contribution in [3.05, 3.63) is 80.1 Å². The number of aromatic nitrogens is 2. The topological polar surface area (TPSA) is 148 Å². The Labute approximate surface area is 189 Å². The molecular weight excluding hydrogens is 456 g/mol. The Morgan fingerprint density at radius 1 is 1.28 bits per heavy atom. The lowest BCUT2D eigenvalue weighted by Gasteiger charge is -2.25. The van der Waals surface area contributed by atoms with Crippen LogP contribution < -0.4 is 16.2 Å². The summed E-state index contributed by atoms with van der Waals surface area (Å²) in [4.78, 5) is 23.1. The first-order valence-electron chi connectivity index (χ1n) is 9.95. The van der Waals surface area contributed by atoms with Gasteiger partial charge in [-0.1, -0.05) is 36.7 Å². The molecule has 2 aromatic carbocycles. The van der Waals surface area contributed by atoms with E-state index in [1.54, 1.807) is 0 Å². The molecule has 0 saturated carbocycles. The number of H-pyrrole nitrogens is 1. The van der Waals surface area contributed by atoms with E-state index in [-0.39, 0.29) is 21.4 Å². The molecule has 0 fully saturated rings. The summed E-state index contributed by atoms with van der Waals surface area (Å²) in [5, 5.41) is 6.20. The van der Waals surface area contributed by atoms with Gasteiger partial charge in [0.05, 0.1) is 10.5 Å². The molecule has 0 bridgehead atoms. The van der Waals surface area contributed by atoms with Crippen molar-refractivity contribution in [2.24, 2.45) is 5.73 Å². The highest BCUT2D eigenvalue weighted by Crippen LogP contribution is 2.37. The van der Waals surface area contributed by atoms with Gasteiger partial charge in [0.25, 0.3) is 0 Å². The average Bonchev–Trinajstić information content (AvgIpc) is 3.40. The number of benzene rings is 2. The van der Waals surface area contributed by atoms with Crippen molar-refractivity contribution in [1.82, 2.24) is 14.9 Å². The van der Waals surface area contributed by atoms with Crippen LogP contribution in [0.3, 0.4) is 0 Å². The number of sulfonamides is 1. The molecule has 1 aliphatic carbocycles. The number of carbonyl (C=O) groups excluding carboxylic acids is 1. The smallest absolute Gasteiger partial charge is 0.391 e. The van der Waals surface area contributed by atoms with E-state index in [0.29, 0.717) is 0 Å². The summed E-state index contributed by atoms with van der Waals surface area (Å²) in [5.74, 6) is -2.30. The van der Waals surface area contributed by atoms with Gasteiger partial charge in [0.15, 0.2) is 0 Å². The Kier molecular flexibility index (Phi) is 5.93. The highest BCUT2D eigenvalue weighted by Gasteiger charge is 2.34. The standard InChI is InChI=1S/C21H21ClN4O5S/c1-11(14-6-2-4-12-5-3-7-15(12)14)18(20-24-25-21(28)31-20)26-32(29,30)17-9-8-13(22)10-16(17)19(23)27/h2,4,6,8-11,18,26H,3,5,7H2,1H3,(H2,23,27)(H,25,28)/t11-,18+/m1/s1. The molecule has 1 heterocycles. The van der Waals surface area contributed by atoms with Crippen LogP contribution in [0.25, 0.3) is 0 Å². The Bertz CT molecular complexity index is 1350. The van der Waals surface area contributed by atoms with E-state index in [1.165, 1.54) is 23.8 Å². The van der Waals surface area contributed by atoms with E-state index in [4.69, 9.17) is 21.8 Å². The minimum atomic E-state index is -4.28. The second kappa shape index (κ2) is 8.53. The van der Waals surface area contributed by atoms with Gasteiger partial charge >= 0.3 is 5.76 Å². The maximum atomic E-state index is 13.3. The van der Waals surface area contributed by atoms with Crippen LogP contribution in [-0.2, 0) is 22.9 Å². The minimum Gasteiger partial charge on any atom is -0.391 e. The van der Waals surface area contributed by atoms with E-state index in [1.807, 2.05) is 19.1 Å². The number of rotatable bonds is 7. The molecule has 0 radical (unpaired) electrons. The minimum absolute atomic E-state index is 0.115. The molecule has 0 aliphatic heterocycles. The van der Waals surface area contributed by atoms with Crippen molar-refractivity contribution in [1.29, 1.82) is 0 Å². The fourth-order valence-corrected chi connectivity index (χ4v) is 5.79. The molecule has 2 atom stereocenters. The van der Waals surface area contributed by atoms with Crippen LogP contribution in [0.1, 0.15) is 58.2 Å². The van der Waals surface area contributed by atoms with Crippen LogP contribution in [0.15, 0.2) is 50.5 Å². The molecule has 3 aromatic rings. The van der Waals surface area contributed by atoms with Crippen molar-refractivity contribution in [2.45, 2.75) is 43.0 Å². The van der Waals surface area contributed by atoms with Crippen LogP contribution in [0.4, 0.5) is 0 Å². The van der Waals surface area contributed by atoms with Gasteiger partial charge in [-0.3, -0.25) is 4.79 Å². The number of carbonyl (C=O) groups is 1. The molecule has 4 rings (SSSR count). The molecular formula is C21H21ClN4O5S. The van der Waals surface area contributed by atoms with Crippen molar-refractivity contribution >= 4 is 27.5 Å². The van der Waals surface area contributed by atoms with E-state index in [2.05, 4.69) is 21.0 Å². The Balaban J connectivity index is 1.79. The van der Waals surface area contributed by atoms with Crippen molar-refractivity contribution in [2.75, 3.05) is 0 Å². The third kappa shape index (κ3) is 4.21. The predicted molar refractivity (Wildman–Crippen MR) is 117 cm³/mol. The molecule has 0 unspecified atom stereocenters. The van der Waals surface area contributed by atoms with Gasteiger partial charge in [-0.05, 0) is 54.2 Å². The zero-order valence-electron chi connectivity index (χ0n) is 17.1. The molecule has 168 valence electrons. The van der Waals surface area contributed by atoms with Gasteiger partial charge in [-0.15, -0.1) is 5.10 Å². The zero-order valence-corrected chi connectivity index (χ0v) is 18.7. The number of hydrogen-bond donors (Lipinski definition) is 3. The van der Waals surface area contributed by atoms with Crippen LogP contribution in [0.5, 0.6) is 0 Å². The predicted octanol–water partition coefficient (Wildman–Crippen LogP) is 2.43. The second-order valence-corrected chi connectivity index (χ2v) is 9.80. The third-order valence-electron chi connectivity index (χ3n) is 5.67. The largest absolute Gasteiger partial charge is 0.434 e. The first-order valence-corrected chi connectivity index (χ1v) is 11.8. The average molecular weight is 477 g/mol. The van der Waals surface area contributed by atoms with E-state index < -0.39 is 33.6 Å². The molecule has 32 heavy (non-hydrogen) atoms. The molecule has 0 spiro atoms. The van der Waals surface area contributed by atoms with Crippen molar-refractivity contribution < 1.29 is 17.6 Å². The first-order chi connectivity index (χ1) is 15.2. The Hall–Kier alpha value is -2.95.